The third-order valence-corrected chi connectivity index (χ3v) is 6.21. The van der Waals surface area contributed by atoms with Gasteiger partial charge in [0.1, 0.15) is 0 Å². The van der Waals surface area contributed by atoms with Crippen molar-refractivity contribution in [1.29, 1.82) is 0 Å². The fraction of sp³-hybridized carbons (Fsp3) is 0.259. The van der Waals surface area contributed by atoms with Crippen molar-refractivity contribution in [3.05, 3.63) is 101 Å². The molecule has 0 aliphatic carbocycles. The summed E-state index contributed by atoms with van der Waals surface area (Å²) in [6.45, 7) is 2.94. The molecule has 1 heterocycles. The molecule has 1 aliphatic rings. The number of halogens is 1. The van der Waals surface area contributed by atoms with Crippen LogP contribution >= 0.6 is 11.6 Å². The van der Waals surface area contributed by atoms with Gasteiger partial charge in [-0.3, -0.25) is 14.5 Å². The molecule has 0 saturated carbocycles. The minimum Gasteiger partial charge on any atom is -0.337 e. The van der Waals surface area contributed by atoms with Crippen LogP contribution in [-0.2, 0) is 11.2 Å². The van der Waals surface area contributed by atoms with Gasteiger partial charge in [-0.2, -0.15) is 0 Å². The van der Waals surface area contributed by atoms with Crippen LogP contribution in [0.4, 0.5) is 5.69 Å². The zero-order valence-electron chi connectivity index (χ0n) is 18.5. The molecule has 1 N–H and O–H groups in total. The Kier molecular flexibility index (Phi) is 7.76. The SMILES string of the molecule is O=C(CN1CCCN(C(=O)c2ccccc2Cl)CC1)Nc1ccccc1Cc1ccccc1. The molecule has 3 aromatic rings. The van der Waals surface area contributed by atoms with Crippen LogP contribution in [0.3, 0.4) is 0 Å². The molecule has 5 nitrogen and oxygen atoms in total. The largest absolute Gasteiger partial charge is 0.337 e. The first kappa shape index (κ1) is 23.0. The van der Waals surface area contributed by atoms with Gasteiger partial charge in [0.25, 0.3) is 5.91 Å². The Labute approximate surface area is 200 Å². The molecule has 2 amide bonds. The molecule has 1 fully saturated rings. The van der Waals surface area contributed by atoms with E-state index in [1.54, 1.807) is 12.1 Å². The molecule has 0 radical (unpaired) electrons. The third kappa shape index (κ3) is 6.21. The van der Waals surface area contributed by atoms with Crippen molar-refractivity contribution in [2.24, 2.45) is 0 Å². The number of nitrogens with one attached hydrogen (secondary N) is 1. The quantitative estimate of drug-likeness (QED) is 0.578. The molecule has 170 valence electrons. The topological polar surface area (TPSA) is 52.7 Å². The fourth-order valence-corrected chi connectivity index (χ4v) is 4.36. The van der Waals surface area contributed by atoms with Crippen molar-refractivity contribution < 1.29 is 9.59 Å². The van der Waals surface area contributed by atoms with Crippen LogP contribution in [0.25, 0.3) is 0 Å². The standard InChI is InChI=1S/C27H28ClN3O2/c28-24-13-6-5-12-23(24)27(33)31-16-8-15-30(17-18-31)20-26(32)29-25-14-7-4-11-22(25)19-21-9-2-1-3-10-21/h1-7,9-14H,8,15-20H2,(H,29,32). The number of carbonyl (C=O) groups excluding carboxylic acids is 2. The van der Waals surface area contributed by atoms with Crippen LogP contribution in [0, 0.1) is 0 Å². The molecule has 0 aromatic heterocycles. The van der Waals surface area contributed by atoms with Crippen molar-refractivity contribution in [2.75, 3.05) is 38.0 Å². The maximum atomic E-state index is 12.9. The van der Waals surface area contributed by atoms with E-state index >= 15 is 0 Å². The van der Waals surface area contributed by atoms with Crippen molar-refractivity contribution in [1.82, 2.24) is 9.80 Å². The van der Waals surface area contributed by atoms with Gasteiger partial charge in [0, 0.05) is 31.9 Å². The van der Waals surface area contributed by atoms with Crippen LogP contribution in [0.1, 0.15) is 27.9 Å². The molecule has 1 saturated heterocycles. The number of para-hydroxylation sites is 1. The van der Waals surface area contributed by atoms with Gasteiger partial charge in [-0.15, -0.1) is 0 Å². The van der Waals surface area contributed by atoms with Crippen molar-refractivity contribution in [2.45, 2.75) is 12.8 Å². The van der Waals surface area contributed by atoms with Gasteiger partial charge < -0.3 is 10.2 Å². The Balaban J connectivity index is 1.33. The van der Waals surface area contributed by atoms with Crippen LogP contribution in [-0.4, -0.2) is 54.3 Å². The zero-order chi connectivity index (χ0) is 23.0. The summed E-state index contributed by atoms with van der Waals surface area (Å²) in [6, 6.07) is 25.3. The molecular formula is C27H28ClN3O2. The average Bonchev–Trinajstić information content (AvgIpc) is 3.06. The first-order chi connectivity index (χ1) is 16.1. The van der Waals surface area contributed by atoms with Crippen LogP contribution in [0.2, 0.25) is 5.02 Å². The molecule has 3 aromatic carbocycles. The van der Waals surface area contributed by atoms with Gasteiger partial charge in [0.05, 0.1) is 17.1 Å². The second kappa shape index (κ2) is 11.1. The van der Waals surface area contributed by atoms with Crippen molar-refractivity contribution in [3.8, 4) is 0 Å². The number of amides is 2. The van der Waals surface area contributed by atoms with E-state index < -0.39 is 0 Å². The Bertz CT molecular complexity index is 1100. The number of rotatable bonds is 6. The zero-order valence-corrected chi connectivity index (χ0v) is 19.3. The van der Waals surface area contributed by atoms with Crippen molar-refractivity contribution in [3.63, 3.8) is 0 Å². The number of benzene rings is 3. The van der Waals surface area contributed by atoms with Crippen molar-refractivity contribution >= 4 is 29.1 Å². The van der Waals surface area contributed by atoms with E-state index in [4.69, 9.17) is 11.6 Å². The first-order valence-corrected chi connectivity index (χ1v) is 11.7. The Morgan fingerprint density at radius 3 is 2.36 bits per heavy atom. The summed E-state index contributed by atoms with van der Waals surface area (Å²) < 4.78 is 0. The highest BCUT2D eigenvalue weighted by Crippen LogP contribution is 2.20. The van der Waals surface area contributed by atoms with Crippen LogP contribution in [0.15, 0.2) is 78.9 Å². The highest BCUT2D eigenvalue weighted by molar-refractivity contribution is 6.33. The summed E-state index contributed by atoms with van der Waals surface area (Å²) in [5.74, 6) is -0.0943. The fourth-order valence-electron chi connectivity index (χ4n) is 4.14. The number of anilines is 1. The molecule has 33 heavy (non-hydrogen) atoms. The smallest absolute Gasteiger partial charge is 0.255 e. The predicted octanol–water partition coefficient (Wildman–Crippen LogP) is 4.72. The monoisotopic (exact) mass is 461 g/mol. The van der Waals surface area contributed by atoms with Gasteiger partial charge in [-0.25, -0.2) is 0 Å². The molecule has 0 unspecified atom stereocenters. The lowest BCUT2D eigenvalue weighted by atomic mass is 10.0. The number of nitrogens with zero attached hydrogens (tertiary/aromatic N) is 2. The second-order valence-corrected chi connectivity index (χ2v) is 8.68. The van der Waals surface area contributed by atoms with E-state index in [0.717, 1.165) is 30.6 Å². The molecule has 1 aliphatic heterocycles. The molecule has 4 rings (SSSR count). The number of hydrogen-bond donors (Lipinski definition) is 1. The van der Waals surface area contributed by atoms with E-state index in [2.05, 4.69) is 22.3 Å². The summed E-state index contributed by atoms with van der Waals surface area (Å²) in [6.07, 6.45) is 1.58. The lowest BCUT2D eigenvalue weighted by Gasteiger charge is -2.22. The Hall–Kier alpha value is -3.15. The van der Waals surface area contributed by atoms with Gasteiger partial charge in [0.2, 0.25) is 5.91 Å². The molecule has 0 spiro atoms. The van der Waals surface area contributed by atoms with E-state index in [1.165, 1.54) is 5.56 Å². The minimum atomic E-state index is -0.0539. The third-order valence-electron chi connectivity index (χ3n) is 5.88. The molecule has 0 bridgehead atoms. The predicted molar refractivity (Wildman–Crippen MR) is 133 cm³/mol. The van der Waals surface area contributed by atoms with Crippen LogP contribution < -0.4 is 5.32 Å². The van der Waals surface area contributed by atoms with E-state index in [-0.39, 0.29) is 11.8 Å². The summed E-state index contributed by atoms with van der Waals surface area (Å²) in [5, 5.41) is 3.56. The van der Waals surface area contributed by atoms with E-state index in [1.807, 2.05) is 59.5 Å². The lowest BCUT2D eigenvalue weighted by Crippen LogP contribution is -2.38. The number of carbonyl (C=O) groups is 2. The van der Waals surface area contributed by atoms with Gasteiger partial charge in [-0.1, -0.05) is 72.3 Å². The summed E-state index contributed by atoms with van der Waals surface area (Å²) in [5.41, 5.74) is 3.66. The normalized spacial score (nSPS) is 14.5. The summed E-state index contributed by atoms with van der Waals surface area (Å²) >= 11 is 6.21. The minimum absolute atomic E-state index is 0.0404. The molecule has 6 heteroatoms. The summed E-state index contributed by atoms with van der Waals surface area (Å²) in [7, 11) is 0. The lowest BCUT2D eigenvalue weighted by molar-refractivity contribution is -0.117. The van der Waals surface area contributed by atoms with Crippen LogP contribution in [0.5, 0.6) is 0 Å². The highest BCUT2D eigenvalue weighted by Gasteiger charge is 2.23. The van der Waals surface area contributed by atoms with Gasteiger partial charge >= 0.3 is 0 Å². The average molecular weight is 462 g/mol. The van der Waals surface area contributed by atoms with E-state index in [9.17, 15) is 9.59 Å². The maximum absolute atomic E-state index is 12.9. The van der Waals surface area contributed by atoms with Gasteiger partial charge in [0.15, 0.2) is 0 Å². The Morgan fingerprint density at radius 2 is 1.55 bits per heavy atom. The number of hydrogen-bond acceptors (Lipinski definition) is 3. The first-order valence-electron chi connectivity index (χ1n) is 11.3. The highest BCUT2D eigenvalue weighted by atomic mass is 35.5. The Morgan fingerprint density at radius 1 is 0.818 bits per heavy atom. The molecule has 0 atom stereocenters. The second-order valence-electron chi connectivity index (χ2n) is 8.27. The van der Waals surface area contributed by atoms with Gasteiger partial charge in [-0.05, 0) is 42.2 Å². The summed E-state index contributed by atoms with van der Waals surface area (Å²) in [4.78, 5) is 29.6. The maximum Gasteiger partial charge on any atom is 0.255 e. The van der Waals surface area contributed by atoms with E-state index in [0.29, 0.717) is 36.8 Å². The molecular weight excluding hydrogens is 434 g/mol.